The smallest absolute Gasteiger partial charge is 0.216 e. The van der Waals surface area contributed by atoms with Gasteiger partial charge in [-0.15, -0.1) is 0 Å². The highest BCUT2D eigenvalue weighted by Gasteiger charge is 2.39. The van der Waals surface area contributed by atoms with Crippen LogP contribution in [0.15, 0.2) is 29.3 Å². The zero-order valence-corrected chi connectivity index (χ0v) is 18.7. The molecule has 0 spiro atoms. The van der Waals surface area contributed by atoms with Gasteiger partial charge in [0.1, 0.15) is 11.6 Å². The van der Waals surface area contributed by atoms with Crippen molar-refractivity contribution in [2.45, 2.75) is 37.8 Å². The molecular weight excluding hydrogens is 438 g/mol. The number of anilines is 2. The van der Waals surface area contributed by atoms with E-state index in [0.29, 0.717) is 12.5 Å². The first-order chi connectivity index (χ1) is 13.4. The van der Waals surface area contributed by atoms with Gasteiger partial charge in [-0.25, -0.2) is 22.8 Å². The monoisotopic (exact) mass is 458 g/mol. The van der Waals surface area contributed by atoms with Crippen molar-refractivity contribution in [1.82, 2.24) is 9.97 Å². The van der Waals surface area contributed by atoms with Gasteiger partial charge in [-0.1, -0.05) is 24.6 Å². The molecule has 2 aromatic rings. The van der Waals surface area contributed by atoms with Gasteiger partial charge in [0.05, 0.1) is 13.3 Å². The molecule has 29 heavy (non-hydrogen) atoms. The van der Waals surface area contributed by atoms with Gasteiger partial charge in [0.25, 0.3) is 0 Å². The van der Waals surface area contributed by atoms with Gasteiger partial charge in [0.2, 0.25) is 15.0 Å². The molecule has 0 aliphatic carbocycles. The molecule has 3 rings (SSSR count). The number of nitrogens with two attached hydrogens (primary N) is 1. The minimum atomic E-state index is -4.05. The molecule has 2 N–H and O–H groups in total. The average Bonchev–Trinajstić information content (AvgIpc) is 2.88. The van der Waals surface area contributed by atoms with E-state index in [1.165, 1.54) is 18.2 Å². The van der Waals surface area contributed by atoms with Gasteiger partial charge < -0.3 is 10.6 Å². The first-order valence-electron chi connectivity index (χ1n) is 8.84. The highest BCUT2D eigenvalue weighted by Crippen LogP contribution is 2.41. The molecule has 0 bridgehead atoms. The fraction of sp³-hybridized carbons (Fsp3) is 0.389. The van der Waals surface area contributed by atoms with E-state index in [2.05, 4.69) is 16.9 Å². The maximum absolute atomic E-state index is 14.1. The lowest BCUT2D eigenvalue weighted by Crippen LogP contribution is -2.39. The average molecular weight is 459 g/mol. The topological polar surface area (TPSA) is 106 Å². The molecule has 1 aliphatic heterocycles. The maximum Gasteiger partial charge on any atom is 0.216 e. The van der Waals surface area contributed by atoms with Crippen molar-refractivity contribution in [3.8, 4) is 0 Å². The SMILES string of the molecule is CC1CN(c2nc(Cl)c(F)cc2C(=O)PS(=O)(=O)c2cccc(N)n2)C(C)(C)C1. The van der Waals surface area contributed by atoms with Crippen molar-refractivity contribution in [3.05, 3.63) is 40.8 Å². The van der Waals surface area contributed by atoms with E-state index >= 15 is 0 Å². The van der Waals surface area contributed by atoms with Gasteiger partial charge >= 0.3 is 0 Å². The molecule has 0 saturated carbocycles. The Morgan fingerprint density at radius 2 is 2.07 bits per heavy atom. The second-order valence-electron chi connectivity index (χ2n) is 7.70. The van der Waals surface area contributed by atoms with E-state index < -0.39 is 28.6 Å². The number of carbonyl (C=O) groups excluding carboxylic acids is 1. The van der Waals surface area contributed by atoms with Gasteiger partial charge in [-0.2, -0.15) is 0 Å². The Balaban J connectivity index is 2.02. The zero-order valence-electron chi connectivity index (χ0n) is 16.1. The second-order valence-corrected chi connectivity index (χ2v) is 12.4. The molecule has 2 unspecified atom stereocenters. The van der Waals surface area contributed by atoms with Crippen molar-refractivity contribution in [2.75, 3.05) is 17.2 Å². The van der Waals surface area contributed by atoms with Crippen molar-refractivity contribution >= 4 is 46.0 Å². The highest BCUT2D eigenvalue weighted by atomic mass is 35.5. The quantitative estimate of drug-likeness (QED) is 0.538. The molecule has 0 aromatic carbocycles. The zero-order chi connectivity index (χ0) is 21.6. The molecule has 1 aliphatic rings. The molecule has 3 heterocycles. The van der Waals surface area contributed by atoms with Crippen LogP contribution >= 0.6 is 19.4 Å². The van der Waals surface area contributed by atoms with Crippen LogP contribution in [0.25, 0.3) is 0 Å². The van der Waals surface area contributed by atoms with E-state index in [0.717, 1.165) is 12.5 Å². The third-order valence-corrected chi connectivity index (χ3v) is 8.49. The van der Waals surface area contributed by atoms with Crippen LogP contribution in [-0.2, 0) is 9.46 Å². The summed E-state index contributed by atoms with van der Waals surface area (Å²) >= 11 is 5.88. The van der Waals surface area contributed by atoms with Crippen molar-refractivity contribution < 1.29 is 17.6 Å². The van der Waals surface area contributed by atoms with Crippen LogP contribution in [0.2, 0.25) is 5.15 Å². The number of hydrogen-bond acceptors (Lipinski definition) is 7. The molecule has 1 fully saturated rings. The van der Waals surface area contributed by atoms with E-state index in [1.54, 1.807) is 0 Å². The first-order valence-corrected chi connectivity index (χ1v) is 12.4. The summed E-state index contributed by atoms with van der Waals surface area (Å²) in [6, 6.07) is 5.10. The summed E-state index contributed by atoms with van der Waals surface area (Å²) < 4.78 is 39.4. The lowest BCUT2D eigenvalue weighted by atomic mass is 9.97. The van der Waals surface area contributed by atoms with Crippen LogP contribution in [0.3, 0.4) is 0 Å². The Hall–Kier alpha value is -1.83. The van der Waals surface area contributed by atoms with Crippen LogP contribution in [0.1, 0.15) is 37.6 Å². The van der Waals surface area contributed by atoms with Crippen LogP contribution in [0.4, 0.5) is 16.0 Å². The van der Waals surface area contributed by atoms with Crippen molar-refractivity contribution in [1.29, 1.82) is 0 Å². The summed E-state index contributed by atoms with van der Waals surface area (Å²) in [6.07, 6.45) is 0.838. The largest absolute Gasteiger partial charge is 0.384 e. The molecule has 1 saturated heterocycles. The predicted octanol–water partition coefficient (Wildman–Crippen LogP) is 3.68. The van der Waals surface area contributed by atoms with E-state index in [-0.39, 0.29) is 32.9 Å². The molecule has 156 valence electrons. The summed E-state index contributed by atoms with van der Waals surface area (Å²) in [4.78, 5) is 22.7. The number of rotatable bonds is 5. The maximum atomic E-state index is 14.1. The lowest BCUT2D eigenvalue weighted by Gasteiger charge is -2.33. The van der Waals surface area contributed by atoms with E-state index in [4.69, 9.17) is 17.3 Å². The van der Waals surface area contributed by atoms with Gasteiger partial charge in [0.15, 0.2) is 16.0 Å². The number of aromatic nitrogens is 2. The number of halogens is 2. The molecule has 7 nitrogen and oxygen atoms in total. The highest BCUT2D eigenvalue weighted by molar-refractivity contribution is 8.48. The van der Waals surface area contributed by atoms with Gasteiger partial charge in [-0.05, 0) is 44.4 Å². The third-order valence-electron chi connectivity index (χ3n) is 4.73. The Bertz CT molecular complexity index is 1080. The number of nitrogens with zero attached hydrogens (tertiary/aromatic N) is 3. The van der Waals surface area contributed by atoms with Crippen LogP contribution in [-0.4, -0.2) is 36.0 Å². The molecule has 0 radical (unpaired) electrons. The van der Waals surface area contributed by atoms with E-state index in [1.807, 2.05) is 18.7 Å². The minimum Gasteiger partial charge on any atom is -0.384 e. The summed E-state index contributed by atoms with van der Waals surface area (Å²) in [5.74, 6) is -0.343. The summed E-state index contributed by atoms with van der Waals surface area (Å²) in [5.41, 5.74) is 4.33. The Kier molecular flexibility index (Phi) is 5.87. The lowest BCUT2D eigenvalue weighted by molar-refractivity contribution is 0.108. The summed E-state index contributed by atoms with van der Waals surface area (Å²) in [7, 11) is -5.24. The standard InChI is InChI=1S/C18H21ClFN4O3PS/c1-10-8-18(2,3)24(9-10)16-11(7-12(20)15(19)23-16)17(25)28-29(26,27)14-6-4-5-13(21)22-14/h4-7,10,28H,8-9H2,1-3H3,(H2,21,22). The van der Waals surface area contributed by atoms with Crippen molar-refractivity contribution in [3.63, 3.8) is 0 Å². The number of carbonyl (C=O) groups is 1. The Morgan fingerprint density at radius 3 is 2.66 bits per heavy atom. The molecule has 2 atom stereocenters. The second kappa shape index (κ2) is 7.78. The molecule has 11 heteroatoms. The molecular formula is C18H21ClFN4O3PS. The van der Waals surface area contributed by atoms with Crippen LogP contribution in [0, 0.1) is 11.7 Å². The fourth-order valence-corrected chi connectivity index (χ4v) is 6.58. The molecule has 0 amide bonds. The van der Waals surface area contributed by atoms with Gasteiger partial charge in [0, 0.05) is 12.1 Å². The molecule has 2 aromatic heterocycles. The number of hydrogen-bond donors (Lipinski definition) is 1. The van der Waals surface area contributed by atoms with Crippen LogP contribution in [0.5, 0.6) is 0 Å². The predicted molar refractivity (Wildman–Crippen MR) is 113 cm³/mol. The normalized spacial score (nSPS) is 19.2. The Labute approximate surface area is 175 Å². The van der Waals surface area contributed by atoms with E-state index in [9.17, 15) is 17.6 Å². The number of nitrogen functional groups attached to an aromatic ring is 1. The third kappa shape index (κ3) is 4.52. The number of pyridine rings is 2. The summed E-state index contributed by atoms with van der Waals surface area (Å²) in [6.45, 7) is 6.62. The fourth-order valence-electron chi connectivity index (χ4n) is 3.60. The van der Waals surface area contributed by atoms with Crippen molar-refractivity contribution in [2.24, 2.45) is 5.92 Å². The Morgan fingerprint density at radius 1 is 1.38 bits per heavy atom. The first kappa shape index (κ1) is 21.9. The minimum absolute atomic E-state index is 0.0241. The van der Waals surface area contributed by atoms with Crippen LogP contribution < -0.4 is 10.6 Å². The summed E-state index contributed by atoms with van der Waals surface area (Å²) in [5, 5.41) is -0.668. The van der Waals surface area contributed by atoms with Gasteiger partial charge in [-0.3, -0.25) is 4.79 Å².